The first-order valence-electron chi connectivity index (χ1n) is 12.2. The number of halogens is 2. The van der Waals surface area contributed by atoms with Crippen molar-refractivity contribution in [1.29, 1.82) is 0 Å². The number of aromatic nitrogens is 1. The smallest absolute Gasteiger partial charge is 0.338 e. The van der Waals surface area contributed by atoms with Crippen LogP contribution in [-0.4, -0.2) is 29.2 Å². The summed E-state index contributed by atoms with van der Waals surface area (Å²) in [5.74, 6) is -0.401. The van der Waals surface area contributed by atoms with Crippen molar-refractivity contribution in [3.63, 3.8) is 0 Å². The Morgan fingerprint density at radius 1 is 1.27 bits per heavy atom. The van der Waals surface area contributed by atoms with Crippen LogP contribution < -0.4 is 19.6 Å². The molecule has 2 aromatic heterocycles. The molecule has 1 atom stereocenters. The predicted molar refractivity (Wildman–Crippen MR) is 152 cm³/mol. The number of ether oxygens (including phenoxy) is 2. The second kappa shape index (κ2) is 11.3. The van der Waals surface area contributed by atoms with Gasteiger partial charge >= 0.3 is 11.7 Å². The van der Waals surface area contributed by atoms with Gasteiger partial charge in [-0.15, -0.1) is 0 Å². The fourth-order valence-electron chi connectivity index (χ4n) is 4.48. The Morgan fingerprint density at radius 2 is 2.05 bits per heavy atom. The van der Waals surface area contributed by atoms with Crippen LogP contribution in [0.4, 0.5) is 10.1 Å². The summed E-state index contributed by atoms with van der Waals surface area (Å²) < 4.78 is 32.6. The fraction of sp³-hybridized carbons (Fsp3) is 0.179. The number of allylic oxidation sites excluding steroid dienone is 1. The van der Waals surface area contributed by atoms with Crippen molar-refractivity contribution in [3.05, 3.63) is 111 Å². The first-order chi connectivity index (χ1) is 19.6. The Labute approximate surface area is 243 Å². The minimum atomic E-state index is -0.956. The van der Waals surface area contributed by atoms with E-state index in [-0.39, 0.29) is 22.5 Å². The molecule has 2 aromatic carbocycles. The van der Waals surface area contributed by atoms with Gasteiger partial charge in [-0.3, -0.25) is 19.5 Å². The second-order valence-electron chi connectivity index (χ2n) is 8.82. The van der Waals surface area contributed by atoms with Crippen LogP contribution in [0.5, 0.6) is 5.75 Å². The third-order valence-corrected chi connectivity index (χ3v) is 7.94. The molecular formula is C28H21BrFN3O7S. The molecule has 0 unspecified atom stereocenters. The summed E-state index contributed by atoms with van der Waals surface area (Å²) in [6, 6.07) is 11.1. The van der Waals surface area contributed by atoms with Gasteiger partial charge in [0.2, 0.25) is 5.82 Å². The third-order valence-electron chi connectivity index (χ3n) is 6.34. The van der Waals surface area contributed by atoms with Crippen molar-refractivity contribution in [2.45, 2.75) is 19.9 Å². The van der Waals surface area contributed by atoms with Gasteiger partial charge in [0.15, 0.2) is 4.80 Å². The van der Waals surface area contributed by atoms with E-state index in [1.54, 1.807) is 44.2 Å². The topological polar surface area (TPSA) is 126 Å². The highest BCUT2D eigenvalue weighted by Gasteiger charge is 2.33. The number of hydrogen-bond donors (Lipinski definition) is 0. The van der Waals surface area contributed by atoms with Crippen LogP contribution in [0.25, 0.3) is 17.4 Å². The van der Waals surface area contributed by atoms with Gasteiger partial charge in [-0.1, -0.05) is 17.4 Å². The number of thiazole rings is 1. The molecule has 4 aromatic rings. The zero-order chi connectivity index (χ0) is 29.4. The number of esters is 1. The van der Waals surface area contributed by atoms with E-state index in [1.807, 2.05) is 0 Å². The number of methoxy groups -OCH3 is 1. The molecule has 13 heteroatoms. The van der Waals surface area contributed by atoms with E-state index in [2.05, 4.69) is 20.9 Å². The first kappa shape index (κ1) is 28.2. The largest absolute Gasteiger partial charge is 0.496 e. The molecule has 0 spiro atoms. The molecule has 210 valence electrons. The minimum Gasteiger partial charge on any atom is -0.496 e. The van der Waals surface area contributed by atoms with Gasteiger partial charge in [0, 0.05) is 17.7 Å². The molecule has 3 heterocycles. The molecule has 0 bridgehead atoms. The number of benzene rings is 2. The zero-order valence-electron chi connectivity index (χ0n) is 21.8. The predicted octanol–water partition coefficient (Wildman–Crippen LogP) is 4.88. The van der Waals surface area contributed by atoms with E-state index in [0.717, 1.165) is 23.5 Å². The molecule has 0 fully saturated rings. The fourth-order valence-corrected chi connectivity index (χ4v) is 6.07. The summed E-state index contributed by atoms with van der Waals surface area (Å²) >= 11 is 4.60. The SMILES string of the molecule is CCOC(=O)C1=C(C)N=c2s/c(=C\c3ccc(-c4ccc(F)c([N+](=O)[O-])c4)o3)c(=O)n2[C@@H]1c1ccc(OC)c(Br)c1. The Balaban J connectivity index is 1.63. The van der Waals surface area contributed by atoms with E-state index in [0.29, 0.717) is 37.6 Å². The third kappa shape index (κ3) is 5.25. The Bertz CT molecular complexity index is 1920. The van der Waals surface area contributed by atoms with Gasteiger partial charge in [-0.2, -0.15) is 4.39 Å². The first-order valence-corrected chi connectivity index (χ1v) is 13.8. The van der Waals surface area contributed by atoms with Crippen LogP contribution in [0.3, 0.4) is 0 Å². The van der Waals surface area contributed by atoms with Crippen LogP contribution >= 0.6 is 27.3 Å². The highest BCUT2D eigenvalue weighted by molar-refractivity contribution is 9.10. The van der Waals surface area contributed by atoms with Crippen molar-refractivity contribution >= 4 is 45.0 Å². The number of carbonyl (C=O) groups is 1. The number of hydrogen-bond acceptors (Lipinski definition) is 9. The number of rotatable bonds is 7. The maximum absolute atomic E-state index is 13.8. The zero-order valence-corrected chi connectivity index (χ0v) is 24.2. The van der Waals surface area contributed by atoms with Crippen LogP contribution in [0.1, 0.15) is 31.2 Å². The average Bonchev–Trinajstić information content (AvgIpc) is 3.52. The van der Waals surface area contributed by atoms with Gasteiger partial charge in [0.1, 0.15) is 17.3 Å². The summed E-state index contributed by atoms with van der Waals surface area (Å²) in [6.07, 6.45) is 1.52. The quantitative estimate of drug-likeness (QED) is 0.160. The van der Waals surface area contributed by atoms with Crippen molar-refractivity contribution in [3.8, 4) is 17.1 Å². The molecule has 1 aliphatic heterocycles. The van der Waals surface area contributed by atoms with Crippen LogP contribution in [-0.2, 0) is 9.53 Å². The van der Waals surface area contributed by atoms with Crippen LogP contribution in [0.15, 0.2) is 78.5 Å². The monoisotopic (exact) mass is 641 g/mol. The lowest BCUT2D eigenvalue weighted by Crippen LogP contribution is -2.39. The summed E-state index contributed by atoms with van der Waals surface area (Å²) in [5.41, 5.74) is 0.523. The normalized spacial score (nSPS) is 15.0. The Kier molecular flexibility index (Phi) is 7.74. The number of nitro benzene ring substituents is 1. The lowest BCUT2D eigenvalue weighted by atomic mass is 9.96. The molecule has 1 aliphatic rings. The summed E-state index contributed by atoms with van der Waals surface area (Å²) in [7, 11) is 1.54. The Hall–Kier alpha value is -4.36. The maximum Gasteiger partial charge on any atom is 0.338 e. The number of carbonyl (C=O) groups excluding carboxylic acids is 1. The summed E-state index contributed by atoms with van der Waals surface area (Å²) in [4.78, 5) is 42.1. The second-order valence-corrected chi connectivity index (χ2v) is 10.7. The maximum atomic E-state index is 13.8. The lowest BCUT2D eigenvalue weighted by molar-refractivity contribution is -0.387. The average molecular weight is 642 g/mol. The minimum absolute atomic E-state index is 0.150. The molecular weight excluding hydrogens is 621 g/mol. The molecule has 0 amide bonds. The van der Waals surface area contributed by atoms with Crippen LogP contribution in [0, 0.1) is 15.9 Å². The molecule has 0 aliphatic carbocycles. The van der Waals surface area contributed by atoms with Crippen LogP contribution in [0.2, 0.25) is 0 Å². The van der Waals surface area contributed by atoms with Crippen molar-refractivity contribution in [2.24, 2.45) is 4.99 Å². The molecule has 0 saturated heterocycles. The van der Waals surface area contributed by atoms with Gasteiger partial charge < -0.3 is 13.9 Å². The van der Waals surface area contributed by atoms with Gasteiger partial charge in [0.05, 0.1) is 45.0 Å². The molecule has 0 radical (unpaired) electrons. The van der Waals surface area contributed by atoms with E-state index >= 15 is 0 Å². The molecule has 41 heavy (non-hydrogen) atoms. The van der Waals surface area contributed by atoms with E-state index in [4.69, 9.17) is 13.9 Å². The Morgan fingerprint density at radius 3 is 2.73 bits per heavy atom. The van der Waals surface area contributed by atoms with E-state index in [9.17, 15) is 24.1 Å². The molecule has 10 nitrogen and oxygen atoms in total. The van der Waals surface area contributed by atoms with E-state index in [1.165, 1.54) is 23.8 Å². The summed E-state index contributed by atoms with van der Waals surface area (Å²) in [6.45, 7) is 3.54. The number of nitrogens with zero attached hydrogens (tertiary/aromatic N) is 3. The molecule has 5 rings (SSSR count). The summed E-state index contributed by atoms with van der Waals surface area (Å²) in [5, 5.41) is 11.1. The number of fused-ring (bicyclic) bond motifs is 1. The van der Waals surface area contributed by atoms with E-state index < -0.39 is 34.0 Å². The van der Waals surface area contributed by atoms with Gasteiger partial charge in [-0.25, -0.2) is 9.79 Å². The number of nitro groups is 1. The van der Waals surface area contributed by atoms with Crippen molar-refractivity contribution < 1.29 is 28.0 Å². The van der Waals surface area contributed by atoms with Crippen molar-refractivity contribution in [2.75, 3.05) is 13.7 Å². The molecule has 0 saturated carbocycles. The lowest BCUT2D eigenvalue weighted by Gasteiger charge is -2.25. The highest BCUT2D eigenvalue weighted by atomic mass is 79.9. The van der Waals surface area contributed by atoms with Gasteiger partial charge in [0.25, 0.3) is 5.56 Å². The molecule has 0 N–H and O–H groups in total. The van der Waals surface area contributed by atoms with Gasteiger partial charge in [-0.05, 0) is 71.7 Å². The van der Waals surface area contributed by atoms with Crippen molar-refractivity contribution in [1.82, 2.24) is 4.57 Å². The highest BCUT2D eigenvalue weighted by Crippen LogP contribution is 2.35. The number of furan rings is 1. The standard InChI is InChI=1S/C28H21BrFN3O7S/c1-4-39-27(35)24-14(2)31-28-32(25(24)16-6-9-22(38-3)18(29)11-16)26(34)23(41-28)13-17-7-10-21(40-17)15-5-8-19(30)20(12-15)33(36)37/h5-13,25H,4H2,1-3H3/b23-13-/t25-/m1/s1.